The molecule has 3 aliphatic rings. The molecule has 2 aromatic carbocycles. The van der Waals surface area contributed by atoms with E-state index < -0.39 is 5.41 Å². The molecule has 0 aromatic heterocycles. The lowest BCUT2D eigenvalue weighted by Crippen LogP contribution is -2.38. The van der Waals surface area contributed by atoms with Gasteiger partial charge in [-0.05, 0) is 74.2 Å². The minimum atomic E-state index is -0.553. The van der Waals surface area contributed by atoms with Gasteiger partial charge in [0.05, 0.1) is 5.41 Å². The number of nitrogens with two attached hydrogens (primary N) is 1. The van der Waals surface area contributed by atoms with Gasteiger partial charge in [-0.25, -0.2) is 0 Å². The van der Waals surface area contributed by atoms with Gasteiger partial charge < -0.3 is 20.5 Å². The van der Waals surface area contributed by atoms with Gasteiger partial charge in [-0.1, -0.05) is 31.0 Å². The standard InChI is InChI=1S/C27H33N3O4/c28-25(31)20-8-12-30(13-9-20)18-19-4-3-5-22(16-19)29-26(32)27(10-1-2-11-27)21-6-7-23-24(17-21)34-15-14-33-23/h3-7,16-17,20H,1-2,8-15,18H2,(H2,28,31)(H,29,32). The second kappa shape index (κ2) is 9.66. The molecule has 1 saturated heterocycles. The maximum absolute atomic E-state index is 13.7. The summed E-state index contributed by atoms with van der Waals surface area (Å²) in [7, 11) is 0. The van der Waals surface area contributed by atoms with Crippen molar-refractivity contribution in [1.29, 1.82) is 0 Å². The molecule has 0 atom stereocenters. The number of carbonyl (C=O) groups excluding carboxylic acids is 2. The van der Waals surface area contributed by atoms with Crippen LogP contribution in [0.25, 0.3) is 0 Å². The van der Waals surface area contributed by atoms with Crippen LogP contribution in [0.1, 0.15) is 49.7 Å². The van der Waals surface area contributed by atoms with E-state index in [1.54, 1.807) is 0 Å². The van der Waals surface area contributed by atoms with Crippen LogP contribution in [0.15, 0.2) is 42.5 Å². The first-order chi connectivity index (χ1) is 16.5. The van der Waals surface area contributed by atoms with Crippen LogP contribution in [0, 0.1) is 5.92 Å². The molecule has 1 saturated carbocycles. The Hall–Kier alpha value is -3.06. The van der Waals surface area contributed by atoms with E-state index in [9.17, 15) is 9.59 Å². The molecule has 3 N–H and O–H groups in total. The molecule has 1 aliphatic carbocycles. The SMILES string of the molecule is NC(=O)C1CCN(Cc2cccc(NC(=O)C3(c4ccc5c(c4)OCCO5)CCCC3)c2)CC1. The fraction of sp³-hybridized carbons (Fsp3) is 0.481. The Labute approximate surface area is 200 Å². The molecule has 0 bridgehead atoms. The molecule has 2 aliphatic heterocycles. The zero-order valence-corrected chi connectivity index (χ0v) is 19.6. The number of likely N-dealkylation sites (tertiary alicyclic amines) is 1. The number of hydrogen-bond donors (Lipinski definition) is 2. The summed E-state index contributed by atoms with van der Waals surface area (Å²) < 4.78 is 11.5. The Bertz CT molecular complexity index is 1060. The third kappa shape index (κ3) is 4.62. The number of ether oxygens (including phenoxy) is 2. The normalized spacial score (nSPS) is 20.1. The number of anilines is 1. The molecule has 180 valence electrons. The summed E-state index contributed by atoms with van der Waals surface area (Å²) in [6, 6.07) is 14.0. The summed E-state index contributed by atoms with van der Waals surface area (Å²) in [5, 5.41) is 3.21. The van der Waals surface area contributed by atoms with E-state index in [1.807, 2.05) is 30.3 Å². The molecule has 2 aromatic rings. The molecular weight excluding hydrogens is 430 g/mol. The molecule has 7 heteroatoms. The number of nitrogens with one attached hydrogen (secondary N) is 1. The predicted octanol–water partition coefficient (Wildman–Crippen LogP) is 3.61. The van der Waals surface area contributed by atoms with Crippen molar-refractivity contribution in [3.63, 3.8) is 0 Å². The second-order valence-corrected chi connectivity index (χ2v) is 9.75. The van der Waals surface area contributed by atoms with E-state index in [4.69, 9.17) is 15.2 Å². The third-order valence-electron chi connectivity index (χ3n) is 7.57. The zero-order chi connectivity index (χ0) is 23.5. The van der Waals surface area contributed by atoms with E-state index in [2.05, 4.69) is 22.3 Å². The van der Waals surface area contributed by atoms with E-state index >= 15 is 0 Å². The number of fused-ring (bicyclic) bond motifs is 1. The van der Waals surface area contributed by atoms with Gasteiger partial charge >= 0.3 is 0 Å². The summed E-state index contributed by atoms with van der Waals surface area (Å²) in [5.41, 5.74) is 7.87. The summed E-state index contributed by atoms with van der Waals surface area (Å²) >= 11 is 0. The van der Waals surface area contributed by atoms with Crippen molar-refractivity contribution >= 4 is 17.5 Å². The van der Waals surface area contributed by atoms with Gasteiger partial charge in [-0.15, -0.1) is 0 Å². The third-order valence-corrected chi connectivity index (χ3v) is 7.57. The molecular formula is C27H33N3O4. The number of primary amides is 1. The summed E-state index contributed by atoms with van der Waals surface area (Å²) in [5.74, 6) is 1.32. The quantitative estimate of drug-likeness (QED) is 0.683. The number of rotatable bonds is 6. The number of amides is 2. The second-order valence-electron chi connectivity index (χ2n) is 9.75. The van der Waals surface area contributed by atoms with Crippen LogP contribution in [0.3, 0.4) is 0 Å². The highest BCUT2D eigenvalue weighted by Crippen LogP contribution is 2.45. The monoisotopic (exact) mass is 463 g/mol. The Balaban J connectivity index is 1.29. The molecule has 34 heavy (non-hydrogen) atoms. The van der Waals surface area contributed by atoms with Gasteiger partial charge in [0.25, 0.3) is 0 Å². The first-order valence-electron chi connectivity index (χ1n) is 12.4. The molecule has 2 fully saturated rings. The summed E-state index contributed by atoms with van der Waals surface area (Å²) in [4.78, 5) is 27.4. The van der Waals surface area contributed by atoms with Gasteiger partial charge in [0.1, 0.15) is 13.2 Å². The Morgan fingerprint density at radius 3 is 2.47 bits per heavy atom. The van der Waals surface area contributed by atoms with E-state index in [1.165, 1.54) is 0 Å². The average Bonchev–Trinajstić information content (AvgIpc) is 3.36. The summed E-state index contributed by atoms with van der Waals surface area (Å²) in [6.07, 6.45) is 5.33. The number of carbonyl (C=O) groups is 2. The fourth-order valence-corrected chi connectivity index (χ4v) is 5.60. The highest BCUT2D eigenvalue weighted by molar-refractivity contribution is 5.99. The molecule has 2 amide bonds. The average molecular weight is 464 g/mol. The van der Waals surface area contributed by atoms with Crippen LogP contribution in [-0.2, 0) is 21.5 Å². The highest BCUT2D eigenvalue weighted by atomic mass is 16.6. The van der Waals surface area contributed by atoms with Crippen LogP contribution >= 0.6 is 0 Å². The lowest BCUT2D eigenvalue weighted by molar-refractivity contribution is -0.123. The van der Waals surface area contributed by atoms with Crippen LogP contribution in [-0.4, -0.2) is 43.0 Å². The minimum absolute atomic E-state index is 0.00923. The molecule has 2 heterocycles. The van der Waals surface area contributed by atoms with Gasteiger partial charge in [-0.3, -0.25) is 14.5 Å². The van der Waals surface area contributed by atoms with Gasteiger partial charge in [0.15, 0.2) is 11.5 Å². The van der Waals surface area contributed by atoms with Crippen LogP contribution in [0.2, 0.25) is 0 Å². The number of benzene rings is 2. The van der Waals surface area contributed by atoms with Crippen LogP contribution in [0.5, 0.6) is 11.5 Å². The molecule has 0 spiro atoms. The van der Waals surface area contributed by atoms with Crippen LogP contribution in [0.4, 0.5) is 5.69 Å². The van der Waals surface area contributed by atoms with E-state index in [-0.39, 0.29) is 17.7 Å². The van der Waals surface area contributed by atoms with Gasteiger partial charge in [0.2, 0.25) is 11.8 Å². The molecule has 7 nitrogen and oxygen atoms in total. The predicted molar refractivity (Wildman–Crippen MR) is 130 cm³/mol. The lowest BCUT2D eigenvalue weighted by atomic mass is 9.77. The Morgan fingerprint density at radius 1 is 1.00 bits per heavy atom. The zero-order valence-electron chi connectivity index (χ0n) is 19.6. The first kappa shape index (κ1) is 22.7. The van der Waals surface area contributed by atoms with Gasteiger partial charge in [0, 0.05) is 18.2 Å². The van der Waals surface area contributed by atoms with Crippen molar-refractivity contribution in [3.8, 4) is 11.5 Å². The molecule has 0 radical (unpaired) electrons. The number of hydrogen-bond acceptors (Lipinski definition) is 5. The van der Waals surface area contributed by atoms with Crippen molar-refractivity contribution in [2.45, 2.75) is 50.5 Å². The fourth-order valence-electron chi connectivity index (χ4n) is 5.60. The van der Waals surface area contributed by atoms with E-state index in [0.717, 1.165) is 86.5 Å². The first-order valence-corrected chi connectivity index (χ1v) is 12.4. The van der Waals surface area contributed by atoms with Crippen molar-refractivity contribution in [1.82, 2.24) is 4.90 Å². The maximum Gasteiger partial charge on any atom is 0.235 e. The van der Waals surface area contributed by atoms with Crippen molar-refractivity contribution < 1.29 is 19.1 Å². The highest BCUT2D eigenvalue weighted by Gasteiger charge is 2.43. The molecule has 0 unspecified atom stereocenters. The van der Waals surface area contributed by atoms with Crippen LogP contribution < -0.4 is 20.5 Å². The van der Waals surface area contributed by atoms with Crippen molar-refractivity contribution in [2.24, 2.45) is 11.7 Å². The smallest absolute Gasteiger partial charge is 0.235 e. The Kier molecular flexibility index (Phi) is 6.46. The number of piperidine rings is 1. The maximum atomic E-state index is 13.7. The summed E-state index contributed by atoms with van der Waals surface area (Å²) in [6.45, 7) is 3.59. The number of nitrogens with zero attached hydrogens (tertiary/aromatic N) is 1. The largest absolute Gasteiger partial charge is 0.486 e. The van der Waals surface area contributed by atoms with Crippen molar-refractivity contribution in [3.05, 3.63) is 53.6 Å². The van der Waals surface area contributed by atoms with Crippen molar-refractivity contribution in [2.75, 3.05) is 31.6 Å². The minimum Gasteiger partial charge on any atom is -0.486 e. The van der Waals surface area contributed by atoms with E-state index in [0.29, 0.717) is 13.2 Å². The Morgan fingerprint density at radius 2 is 1.74 bits per heavy atom. The lowest BCUT2D eigenvalue weighted by Gasteiger charge is -2.31. The van der Waals surface area contributed by atoms with Gasteiger partial charge in [-0.2, -0.15) is 0 Å². The molecule has 5 rings (SSSR count). The topological polar surface area (TPSA) is 93.9 Å².